The van der Waals surface area contributed by atoms with E-state index < -0.39 is 6.10 Å². The van der Waals surface area contributed by atoms with E-state index in [-0.39, 0.29) is 5.54 Å². The molecule has 20 heavy (non-hydrogen) atoms. The lowest BCUT2D eigenvalue weighted by molar-refractivity contribution is -0.0278. The summed E-state index contributed by atoms with van der Waals surface area (Å²) in [5.41, 5.74) is 0.793. The monoisotopic (exact) mass is 277 g/mol. The third-order valence-electron chi connectivity index (χ3n) is 4.81. The Labute approximate surface area is 122 Å². The van der Waals surface area contributed by atoms with Crippen LogP contribution in [-0.4, -0.2) is 35.7 Å². The van der Waals surface area contributed by atoms with Gasteiger partial charge in [0.15, 0.2) is 0 Å². The highest BCUT2D eigenvalue weighted by atomic mass is 16.5. The quantitative estimate of drug-likeness (QED) is 0.865. The third-order valence-corrected chi connectivity index (χ3v) is 4.81. The summed E-state index contributed by atoms with van der Waals surface area (Å²) in [6.07, 6.45) is 4.04. The number of para-hydroxylation sites is 1. The standard InChI is InChI=1S/C17H27NO2/c1-4-18(5-2)17(12-8-9-13-17)16(19)14-10-6-7-11-15(14)20-3/h6-7,10-11,16,19H,4-5,8-9,12-13H2,1-3H3. The van der Waals surface area contributed by atoms with Crippen LogP contribution in [0.1, 0.15) is 51.2 Å². The van der Waals surface area contributed by atoms with Crippen molar-refractivity contribution in [2.45, 2.75) is 51.2 Å². The molecule has 2 rings (SSSR count). The van der Waals surface area contributed by atoms with Crippen molar-refractivity contribution in [3.63, 3.8) is 0 Å². The highest BCUT2D eigenvalue weighted by Gasteiger charge is 2.45. The van der Waals surface area contributed by atoms with Crippen molar-refractivity contribution in [2.24, 2.45) is 0 Å². The number of benzene rings is 1. The van der Waals surface area contributed by atoms with Gasteiger partial charge in [-0.25, -0.2) is 0 Å². The lowest BCUT2D eigenvalue weighted by atomic mass is 9.83. The van der Waals surface area contributed by atoms with E-state index >= 15 is 0 Å². The maximum atomic E-state index is 11.1. The van der Waals surface area contributed by atoms with Gasteiger partial charge in [0.05, 0.1) is 12.6 Å². The molecule has 3 heteroatoms. The molecule has 1 aliphatic rings. The van der Waals surface area contributed by atoms with Crippen LogP contribution in [0.2, 0.25) is 0 Å². The summed E-state index contributed by atoms with van der Waals surface area (Å²) in [6.45, 7) is 6.31. The summed E-state index contributed by atoms with van der Waals surface area (Å²) in [6, 6.07) is 7.86. The van der Waals surface area contributed by atoms with Crippen LogP contribution in [0.25, 0.3) is 0 Å². The molecular formula is C17H27NO2. The van der Waals surface area contributed by atoms with E-state index in [1.165, 1.54) is 12.8 Å². The van der Waals surface area contributed by atoms with E-state index in [9.17, 15) is 5.11 Å². The Balaban J connectivity index is 2.38. The number of rotatable bonds is 6. The van der Waals surface area contributed by atoms with Crippen LogP contribution in [0.15, 0.2) is 24.3 Å². The number of aliphatic hydroxyl groups excluding tert-OH is 1. The molecule has 1 saturated carbocycles. The summed E-state index contributed by atoms with van der Waals surface area (Å²) in [5.74, 6) is 0.790. The SMILES string of the molecule is CCN(CC)C1(C(O)c2ccccc2OC)CCCC1. The minimum absolute atomic E-state index is 0.127. The average molecular weight is 277 g/mol. The molecule has 3 nitrogen and oxygen atoms in total. The number of hydrogen-bond acceptors (Lipinski definition) is 3. The molecule has 1 aromatic carbocycles. The van der Waals surface area contributed by atoms with Crippen molar-refractivity contribution < 1.29 is 9.84 Å². The predicted octanol–water partition coefficient (Wildman–Crippen LogP) is 3.38. The molecule has 0 spiro atoms. The Morgan fingerprint density at radius 1 is 1.20 bits per heavy atom. The van der Waals surface area contributed by atoms with Gasteiger partial charge in [-0.05, 0) is 32.0 Å². The average Bonchev–Trinajstić information content (AvgIpc) is 2.98. The molecule has 1 fully saturated rings. The molecule has 0 aliphatic heterocycles. The maximum absolute atomic E-state index is 11.1. The molecule has 0 saturated heterocycles. The van der Waals surface area contributed by atoms with E-state index in [4.69, 9.17) is 4.74 Å². The Morgan fingerprint density at radius 2 is 1.80 bits per heavy atom. The summed E-state index contributed by atoms with van der Waals surface area (Å²) in [5, 5.41) is 11.1. The first-order chi connectivity index (χ1) is 9.69. The first kappa shape index (κ1) is 15.3. The number of nitrogens with zero attached hydrogens (tertiary/aromatic N) is 1. The van der Waals surface area contributed by atoms with Crippen molar-refractivity contribution >= 4 is 0 Å². The Bertz CT molecular complexity index is 423. The normalized spacial score (nSPS) is 19.2. The zero-order valence-corrected chi connectivity index (χ0v) is 12.9. The topological polar surface area (TPSA) is 32.7 Å². The molecule has 1 aromatic rings. The third kappa shape index (κ3) is 2.57. The molecule has 1 aliphatic carbocycles. The van der Waals surface area contributed by atoms with E-state index in [1.807, 2.05) is 24.3 Å². The molecule has 0 aromatic heterocycles. The smallest absolute Gasteiger partial charge is 0.124 e. The first-order valence-corrected chi connectivity index (χ1v) is 7.75. The first-order valence-electron chi connectivity index (χ1n) is 7.75. The Hall–Kier alpha value is -1.06. The van der Waals surface area contributed by atoms with Gasteiger partial charge < -0.3 is 9.84 Å². The van der Waals surface area contributed by atoms with Gasteiger partial charge in [0.2, 0.25) is 0 Å². The van der Waals surface area contributed by atoms with Crippen LogP contribution < -0.4 is 4.74 Å². The number of methoxy groups -OCH3 is 1. The highest BCUT2D eigenvalue weighted by molar-refractivity contribution is 5.37. The number of ether oxygens (including phenoxy) is 1. The fourth-order valence-corrected chi connectivity index (χ4v) is 3.79. The molecule has 0 heterocycles. The minimum atomic E-state index is -0.485. The number of aliphatic hydroxyl groups is 1. The zero-order valence-electron chi connectivity index (χ0n) is 12.9. The van der Waals surface area contributed by atoms with Crippen LogP contribution in [0.3, 0.4) is 0 Å². The maximum Gasteiger partial charge on any atom is 0.124 e. The van der Waals surface area contributed by atoms with Gasteiger partial charge >= 0.3 is 0 Å². The van der Waals surface area contributed by atoms with E-state index in [2.05, 4.69) is 18.7 Å². The summed E-state index contributed by atoms with van der Waals surface area (Å²) < 4.78 is 5.44. The van der Waals surface area contributed by atoms with Gasteiger partial charge in [0.1, 0.15) is 11.9 Å². The molecule has 1 unspecified atom stereocenters. The Morgan fingerprint density at radius 3 is 2.35 bits per heavy atom. The summed E-state index contributed by atoms with van der Waals surface area (Å²) >= 11 is 0. The second kappa shape index (κ2) is 6.59. The van der Waals surface area contributed by atoms with Gasteiger partial charge in [-0.1, -0.05) is 44.9 Å². The van der Waals surface area contributed by atoms with Gasteiger partial charge in [-0.2, -0.15) is 0 Å². The molecular weight excluding hydrogens is 250 g/mol. The molecule has 1 atom stereocenters. The van der Waals surface area contributed by atoms with Crippen molar-refractivity contribution in [3.8, 4) is 5.75 Å². The minimum Gasteiger partial charge on any atom is -0.496 e. The summed E-state index contributed by atoms with van der Waals surface area (Å²) in [4.78, 5) is 2.43. The summed E-state index contributed by atoms with van der Waals surface area (Å²) in [7, 11) is 1.67. The van der Waals surface area contributed by atoms with Crippen molar-refractivity contribution in [1.29, 1.82) is 0 Å². The fourth-order valence-electron chi connectivity index (χ4n) is 3.79. The lowest BCUT2D eigenvalue weighted by Gasteiger charge is -2.44. The molecule has 1 N–H and O–H groups in total. The molecule has 0 bridgehead atoms. The second-order valence-corrected chi connectivity index (χ2v) is 5.63. The molecule has 0 amide bonds. The second-order valence-electron chi connectivity index (χ2n) is 5.63. The van der Waals surface area contributed by atoms with Crippen LogP contribution in [0.4, 0.5) is 0 Å². The van der Waals surface area contributed by atoms with Crippen molar-refractivity contribution in [1.82, 2.24) is 4.90 Å². The fraction of sp³-hybridized carbons (Fsp3) is 0.647. The number of hydrogen-bond donors (Lipinski definition) is 1. The van der Waals surface area contributed by atoms with E-state index in [0.717, 1.165) is 37.2 Å². The predicted molar refractivity (Wildman–Crippen MR) is 82.1 cm³/mol. The lowest BCUT2D eigenvalue weighted by Crippen LogP contribution is -2.51. The number of likely N-dealkylation sites (N-methyl/N-ethyl adjacent to an activating group) is 1. The highest BCUT2D eigenvalue weighted by Crippen LogP contribution is 2.46. The van der Waals surface area contributed by atoms with Crippen LogP contribution >= 0.6 is 0 Å². The van der Waals surface area contributed by atoms with Crippen molar-refractivity contribution in [2.75, 3.05) is 20.2 Å². The van der Waals surface area contributed by atoms with Gasteiger partial charge in [-0.15, -0.1) is 0 Å². The van der Waals surface area contributed by atoms with Crippen LogP contribution in [0.5, 0.6) is 5.75 Å². The van der Waals surface area contributed by atoms with Gasteiger partial charge in [0.25, 0.3) is 0 Å². The molecule has 112 valence electrons. The van der Waals surface area contributed by atoms with Gasteiger partial charge in [0, 0.05) is 5.56 Å². The van der Waals surface area contributed by atoms with Crippen LogP contribution in [0, 0.1) is 0 Å². The van der Waals surface area contributed by atoms with E-state index in [0.29, 0.717) is 0 Å². The van der Waals surface area contributed by atoms with Gasteiger partial charge in [-0.3, -0.25) is 4.90 Å². The zero-order chi connectivity index (χ0) is 14.6. The molecule has 0 radical (unpaired) electrons. The largest absolute Gasteiger partial charge is 0.496 e. The van der Waals surface area contributed by atoms with Crippen molar-refractivity contribution in [3.05, 3.63) is 29.8 Å². The van der Waals surface area contributed by atoms with Crippen LogP contribution in [-0.2, 0) is 0 Å². The van der Waals surface area contributed by atoms with E-state index in [1.54, 1.807) is 7.11 Å². The Kier molecular flexibility index (Phi) is 5.06.